The van der Waals surface area contributed by atoms with Crippen molar-refractivity contribution in [1.82, 2.24) is 0 Å². The molecule has 0 spiro atoms. The van der Waals surface area contributed by atoms with Crippen LogP contribution in [0.3, 0.4) is 0 Å². The third-order valence-electron chi connectivity index (χ3n) is 3.88. The molecule has 0 aliphatic carbocycles. The van der Waals surface area contributed by atoms with E-state index in [0.717, 1.165) is 11.1 Å². The molecular formula is C22H19NO3. The molecule has 0 saturated heterocycles. The fourth-order valence-corrected chi connectivity index (χ4v) is 2.47. The van der Waals surface area contributed by atoms with Crippen molar-refractivity contribution in [3.8, 4) is 17.6 Å². The van der Waals surface area contributed by atoms with Crippen LogP contribution in [0, 0.1) is 11.3 Å². The SMILES string of the molecule is N#CC(O)c1ccc(OCc2ccccc2)c(OCc2ccccc2)c1. The molecule has 0 fully saturated rings. The quantitative estimate of drug-likeness (QED) is 0.645. The first-order valence-electron chi connectivity index (χ1n) is 8.31. The van der Waals surface area contributed by atoms with Crippen LogP contribution in [-0.2, 0) is 13.2 Å². The summed E-state index contributed by atoms with van der Waals surface area (Å²) in [5.41, 5.74) is 2.54. The summed E-state index contributed by atoms with van der Waals surface area (Å²) >= 11 is 0. The van der Waals surface area contributed by atoms with Crippen molar-refractivity contribution in [2.24, 2.45) is 0 Å². The second kappa shape index (κ2) is 8.70. The van der Waals surface area contributed by atoms with Crippen LogP contribution in [0.15, 0.2) is 78.9 Å². The third-order valence-corrected chi connectivity index (χ3v) is 3.88. The Hall–Kier alpha value is -3.29. The number of hydrogen-bond donors (Lipinski definition) is 1. The van der Waals surface area contributed by atoms with Gasteiger partial charge in [-0.3, -0.25) is 0 Å². The van der Waals surface area contributed by atoms with Crippen molar-refractivity contribution in [1.29, 1.82) is 5.26 Å². The van der Waals surface area contributed by atoms with Crippen LogP contribution in [-0.4, -0.2) is 5.11 Å². The van der Waals surface area contributed by atoms with Gasteiger partial charge in [-0.25, -0.2) is 0 Å². The number of benzene rings is 3. The molecule has 3 aromatic carbocycles. The summed E-state index contributed by atoms with van der Waals surface area (Å²) in [6.07, 6.45) is -1.20. The second-order valence-corrected chi connectivity index (χ2v) is 5.79. The topological polar surface area (TPSA) is 62.5 Å². The average Bonchev–Trinajstić information content (AvgIpc) is 2.72. The average molecular weight is 345 g/mol. The van der Waals surface area contributed by atoms with Gasteiger partial charge >= 0.3 is 0 Å². The molecule has 1 unspecified atom stereocenters. The van der Waals surface area contributed by atoms with Gasteiger partial charge in [-0.15, -0.1) is 0 Å². The van der Waals surface area contributed by atoms with E-state index in [9.17, 15) is 5.11 Å². The molecule has 0 saturated carbocycles. The van der Waals surface area contributed by atoms with Gasteiger partial charge in [0, 0.05) is 0 Å². The Bertz CT molecular complexity index is 873. The van der Waals surface area contributed by atoms with Crippen LogP contribution < -0.4 is 9.47 Å². The maximum Gasteiger partial charge on any atom is 0.166 e. The summed E-state index contributed by atoms with van der Waals surface area (Å²) in [5.74, 6) is 1.07. The summed E-state index contributed by atoms with van der Waals surface area (Å²) in [6.45, 7) is 0.775. The van der Waals surface area contributed by atoms with Crippen LogP contribution in [0.4, 0.5) is 0 Å². The monoisotopic (exact) mass is 345 g/mol. The Morgan fingerprint density at radius 3 is 1.85 bits per heavy atom. The van der Waals surface area contributed by atoms with E-state index < -0.39 is 6.10 Å². The Morgan fingerprint density at radius 2 is 1.31 bits per heavy atom. The number of nitriles is 1. The molecule has 4 heteroatoms. The van der Waals surface area contributed by atoms with Crippen LogP contribution >= 0.6 is 0 Å². The highest BCUT2D eigenvalue weighted by atomic mass is 16.5. The molecule has 0 aliphatic heterocycles. The van der Waals surface area contributed by atoms with Gasteiger partial charge in [0.15, 0.2) is 17.6 Å². The van der Waals surface area contributed by atoms with Gasteiger partial charge in [-0.2, -0.15) is 5.26 Å². The molecule has 26 heavy (non-hydrogen) atoms. The first kappa shape index (κ1) is 17.5. The van der Waals surface area contributed by atoms with E-state index in [1.807, 2.05) is 66.7 Å². The van der Waals surface area contributed by atoms with Gasteiger partial charge in [0.05, 0.1) is 6.07 Å². The summed E-state index contributed by atoms with van der Waals surface area (Å²) < 4.78 is 11.8. The van der Waals surface area contributed by atoms with Gasteiger partial charge in [0.2, 0.25) is 0 Å². The Balaban J connectivity index is 1.78. The molecule has 0 radical (unpaired) electrons. The van der Waals surface area contributed by atoms with Crippen molar-refractivity contribution >= 4 is 0 Å². The van der Waals surface area contributed by atoms with E-state index in [-0.39, 0.29) is 0 Å². The lowest BCUT2D eigenvalue weighted by Crippen LogP contribution is -2.02. The van der Waals surface area contributed by atoms with E-state index >= 15 is 0 Å². The van der Waals surface area contributed by atoms with Crippen molar-refractivity contribution < 1.29 is 14.6 Å². The molecule has 0 heterocycles. The third kappa shape index (κ3) is 4.62. The standard InChI is InChI=1S/C22H19NO3/c23-14-20(24)19-11-12-21(25-15-17-7-3-1-4-8-17)22(13-19)26-16-18-9-5-2-6-10-18/h1-13,20,24H,15-16H2. The minimum Gasteiger partial charge on any atom is -0.485 e. The Labute approximate surface area is 152 Å². The molecular weight excluding hydrogens is 326 g/mol. The van der Waals surface area contributed by atoms with Crippen LogP contribution in [0.1, 0.15) is 22.8 Å². The van der Waals surface area contributed by atoms with Gasteiger partial charge in [-0.1, -0.05) is 66.7 Å². The maximum atomic E-state index is 9.78. The van der Waals surface area contributed by atoms with Gasteiger partial charge in [0.25, 0.3) is 0 Å². The van der Waals surface area contributed by atoms with Crippen LogP contribution in [0.2, 0.25) is 0 Å². The zero-order chi connectivity index (χ0) is 18.2. The number of rotatable bonds is 7. The number of nitrogens with zero attached hydrogens (tertiary/aromatic N) is 1. The van der Waals surface area contributed by atoms with Crippen LogP contribution in [0.25, 0.3) is 0 Å². The lowest BCUT2D eigenvalue weighted by Gasteiger charge is -2.15. The molecule has 3 aromatic rings. The minimum atomic E-state index is -1.20. The lowest BCUT2D eigenvalue weighted by atomic mass is 10.1. The fourth-order valence-electron chi connectivity index (χ4n) is 2.47. The molecule has 1 atom stereocenters. The number of ether oxygens (including phenoxy) is 2. The van der Waals surface area contributed by atoms with E-state index in [2.05, 4.69) is 0 Å². The van der Waals surface area contributed by atoms with Gasteiger partial charge in [0.1, 0.15) is 13.2 Å². The van der Waals surface area contributed by atoms with Crippen molar-refractivity contribution in [3.05, 3.63) is 95.6 Å². The summed E-state index contributed by atoms with van der Waals surface area (Å²) in [6, 6.07) is 26.5. The maximum absolute atomic E-state index is 9.78. The van der Waals surface area contributed by atoms with E-state index in [1.165, 1.54) is 0 Å². The first-order chi connectivity index (χ1) is 12.8. The molecule has 0 bridgehead atoms. The largest absolute Gasteiger partial charge is 0.485 e. The minimum absolute atomic E-state index is 0.370. The summed E-state index contributed by atoms with van der Waals surface area (Å²) in [7, 11) is 0. The molecule has 0 aliphatic rings. The van der Waals surface area contributed by atoms with Crippen LogP contribution in [0.5, 0.6) is 11.5 Å². The first-order valence-corrected chi connectivity index (χ1v) is 8.31. The Morgan fingerprint density at radius 1 is 0.769 bits per heavy atom. The molecule has 1 N–H and O–H groups in total. The Kier molecular flexibility index (Phi) is 5.87. The number of aliphatic hydroxyl groups excluding tert-OH is 1. The normalized spacial score (nSPS) is 11.4. The highest BCUT2D eigenvalue weighted by Crippen LogP contribution is 2.32. The molecule has 0 aromatic heterocycles. The predicted octanol–water partition coefficient (Wildman–Crippen LogP) is 4.40. The van der Waals surface area contributed by atoms with E-state index in [4.69, 9.17) is 14.7 Å². The van der Waals surface area contributed by atoms with Gasteiger partial charge in [-0.05, 0) is 28.8 Å². The number of aliphatic hydroxyl groups is 1. The smallest absolute Gasteiger partial charge is 0.166 e. The lowest BCUT2D eigenvalue weighted by molar-refractivity contribution is 0.231. The molecule has 0 amide bonds. The predicted molar refractivity (Wildman–Crippen MR) is 98.6 cm³/mol. The van der Waals surface area contributed by atoms with Crippen molar-refractivity contribution in [3.63, 3.8) is 0 Å². The van der Waals surface area contributed by atoms with E-state index in [1.54, 1.807) is 18.2 Å². The summed E-state index contributed by atoms with van der Waals surface area (Å²) in [5, 5.41) is 18.7. The van der Waals surface area contributed by atoms with Gasteiger partial charge < -0.3 is 14.6 Å². The number of hydrogen-bond acceptors (Lipinski definition) is 4. The zero-order valence-electron chi connectivity index (χ0n) is 14.2. The van der Waals surface area contributed by atoms with Crippen molar-refractivity contribution in [2.45, 2.75) is 19.3 Å². The second-order valence-electron chi connectivity index (χ2n) is 5.79. The zero-order valence-corrected chi connectivity index (χ0v) is 14.2. The summed E-state index contributed by atoms with van der Waals surface area (Å²) in [4.78, 5) is 0. The molecule has 3 rings (SSSR count). The highest BCUT2D eigenvalue weighted by molar-refractivity contribution is 5.44. The molecule has 4 nitrogen and oxygen atoms in total. The van der Waals surface area contributed by atoms with E-state index in [0.29, 0.717) is 30.3 Å². The molecule has 130 valence electrons. The van der Waals surface area contributed by atoms with Crippen molar-refractivity contribution in [2.75, 3.05) is 0 Å². The highest BCUT2D eigenvalue weighted by Gasteiger charge is 2.12. The fraction of sp³-hybridized carbons (Fsp3) is 0.136.